The largest absolute Gasteiger partial charge is 0.366 e. The summed E-state index contributed by atoms with van der Waals surface area (Å²) in [6.07, 6.45) is 4.48. The van der Waals surface area contributed by atoms with Crippen molar-refractivity contribution < 1.29 is 9.59 Å². The summed E-state index contributed by atoms with van der Waals surface area (Å²) in [4.78, 5) is 25.2. The van der Waals surface area contributed by atoms with Crippen molar-refractivity contribution in [2.45, 2.75) is 13.8 Å². The zero-order valence-electron chi connectivity index (χ0n) is 8.36. The molecule has 4 heteroatoms. The van der Waals surface area contributed by atoms with Crippen molar-refractivity contribution in [2.24, 2.45) is 10.9 Å². The first-order valence-corrected chi connectivity index (χ1v) is 4.22. The van der Waals surface area contributed by atoms with Crippen molar-refractivity contribution in [1.29, 1.82) is 0 Å². The Bertz CT molecular complexity index is 278. The van der Waals surface area contributed by atoms with Crippen LogP contribution in [0.15, 0.2) is 29.7 Å². The summed E-state index contributed by atoms with van der Waals surface area (Å²) in [7, 11) is 0. The van der Waals surface area contributed by atoms with Crippen molar-refractivity contribution in [1.82, 2.24) is 5.32 Å². The fraction of sp³-hybridized carbons (Fsp3) is 0.300. The summed E-state index contributed by atoms with van der Waals surface area (Å²) >= 11 is 0. The average Bonchev–Trinajstić information content (AvgIpc) is 2.17. The molecule has 0 aromatic rings. The molecule has 0 atom stereocenters. The summed E-state index contributed by atoms with van der Waals surface area (Å²) in [6, 6.07) is 0. The van der Waals surface area contributed by atoms with Crippen LogP contribution in [0, 0.1) is 5.92 Å². The first-order valence-electron chi connectivity index (χ1n) is 4.22. The summed E-state index contributed by atoms with van der Waals surface area (Å²) in [5.74, 6) is -0.227. The number of rotatable bonds is 6. The van der Waals surface area contributed by atoms with Gasteiger partial charge in [0.1, 0.15) is 5.70 Å². The number of nitrogens with one attached hydrogen (secondary N) is 1. The highest BCUT2D eigenvalue weighted by Crippen LogP contribution is 1.94. The fourth-order valence-electron chi connectivity index (χ4n) is 0.533. The van der Waals surface area contributed by atoms with E-state index < -0.39 is 0 Å². The van der Waals surface area contributed by atoms with Crippen LogP contribution in [0.5, 0.6) is 0 Å². The highest BCUT2D eigenvalue weighted by Gasteiger charge is 2.02. The van der Waals surface area contributed by atoms with Crippen LogP contribution in [0.25, 0.3) is 0 Å². The molecule has 0 saturated carbocycles. The van der Waals surface area contributed by atoms with Crippen molar-refractivity contribution in [2.75, 3.05) is 0 Å². The molecular weight excluding hydrogens is 180 g/mol. The number of carbonyl (C=O) groups excluding carboxylic acids is 2. The predicted molar refractivity (Wildman–Crippen MR) is 55.8 cm³/mol. The lowest BCUT2D eigenvalue weighted by atomic mass is 10.1. The first-order chi connectivity index (χ1) is 6.61. The van der Waals surface area contributed by atoms with E-state index in [0.29, 0.717) is 6.29 Å². The minimum atomic E-state index is -0.114. The molecule has 0 amide bonds. The zero-order valence-corrected chi connectivity index (χ0v) is 8.36. The lowest BCUT2D eigenvalue weighted by molar-refractivity contribution is -0.115. The molecule has 0 rings (SSSR count). The highest BCUT2D eigenvalue weighted by atomic mass is 16.1. The SMILES string of the molecule is C=CN/C=C(/C=O)N=CC(=O)C(C)C. The van der Waals surface area contributed by atoms with Crippen molar-refractivity contribution in [3.8, 4) is 0 Å². The molecule has 0 aromatic carbocycles. The molecule has 76 valence electrons. The Morgan fingerprint density at radius 2 is 2.14 bits per heavy atom. The van der Waals surface area contributed by atoms with Gasteiger partial charge in [-0.2, -0.15) is 0 Å². The Labute approximate surface area is 83.4 Å². The number of carbonyl (C=O) groups is 2. The van der Waals surface area contributed by atoms with Gasteiger partial charge in [-0.1, -0.05) is 20.4 Å². The summed E-state index contributed by atoms with van der Waals surface area (Å²) in [5.41, 5.74) is 0.152. The van der Waals surface area contributed by atoms with E-state index in [2.05, 4.69) is 16.9 Å². The topological polar surface area (TPSA) is 58.5 Å². The van der Waals surface area contributed by atoms with Gasteiger partial charge in [-0.15, -0.1) is 0 Å². The van der Waals surface area contributed by atoms with E-state index >= 15 is 0 Å². The number of allylic oxidation sites excluding steroid dienone is 1. The number of nitrogens with zero attached hydrogens (tertiary/aromatic N) is 1. The first kappa shape index (κ1) is 12.3. The number of Topliss-reactive ketones (excluding diaryl/α,β-unsaturated/α-hetero) is 1. The molecule has 4 nitrogen and oxygen atoms in total. The number of aliphatic imine (C=N–C) groups is 1. The Kier molecular flexibility index (Phi) is 5.94. The van der Waals surface area contributed by atoms with Gasteiger partial charge >= 0.3 is 0 Å². The second-order valence-corrected chi connectivity index (χ2v) is 2.87. The fourth-order valence-corrected chi connectivity index (χ4v) is 0.533. The predicted octanol–water partition coefficient (Wildman–Crippen LogP) is 1.06. The van der Waals surface area contributed by atoms with E-state index in [1.165, 1.54) is 12.4 Å². The number of hydrogen-bond donors (Lipinski definition) is 1. The van der Waals surface area contributed by atoms with Gasteiger partial charge in [-0.05, 0) is 6.20 Å². The third kappa shape index (κ3) is 5.03. The maximum Gasteiger partial charge on any atom is 0.176 e. The second-order valence-electron chi connectivity index (χ2n) is 2.87. The van der Waals surface area contributed by atoms with Gasteiger partial charge in [0.05, 0.1) is 6.21 Å². The van der Waals surface area contributed by atoms with Gasteiger partial charge in [-0.25, -0.2) is 4.99 Å². The molecule has 0 bridgehead atoms. The molecule has 0 aromatic heterocycles. The van der Waals surface area contributed by atoms with Crippen LogP contribution in [0.4, 0.5) is 0 Å². The van der Waals surface area contributed by atoms with Gasteiger partial charge in [0.15, 0.2) is 12.1 Å². The van der Waals surface area contributed by atoms with Crippen molar-refractivity contribution in [3.05, 3.63) is 24.7 Å². The van der Waals surface area contributed by atoms with Crippen LogP contribution in [-0.2, 0) is 9.59 Å². The molecule has 0 aliphatic carbocycles. The van der Waals surface area contributed by atoms with E-state index in [1.54, 1.807) is 13.8 Å². The molecule has 0 radical (unpaired) electrons. The van der Waals surface area contributed by atoms with Crippen LogP contribution in [0.3, 0.4) is 0 Å². The quantitative estimate of drug-likeness (QED) is 0.390. The summed E-state index contributed by atoms with van der Waals surface area (Å²) < 4.78 is 0. The number of ketones is 1. The Hall–Kier alpha value is -1.71. The molecule has 0 saturated heterocycles. The van der Waals surface area contributed by atoms with Crippen molar-refractivity contribution >= 4 is 18.3 Å². The molecule has 0 heterocycles. The van der Waals surface area contributed by atoms with Gasteiger partial charge in [-0.3, -0.25) is 9.59 Å². The summed E-state index contributed by atoms with van der Waals surface area (Å²) in [5, 5.41) is 2.60. The smallest absolute Gasteiger partial charge is 0.176 e. The standard InChI is InChI=1S/C10H14N2O2/c1-4-11-5-9(7-13)12-6-10(14)8(2)3/h4-8,11H,1H2,2-3H3/b9-5-,12-6?. The van der Waals surface area contributed by atoms with Crippen LogP contribution in [0.2, 0.25) is 0 Å². The maximum absolute atomic E-state index is 11.1. The second kappa shape index (κ2) is 6.77. The normalized spacial score (nSPS) is 11.8. The lowest BCUT2D eigenvalue weighted by Gasteiger charge is -1.96. The number of hydrogen-bond acceptors (Lipinski definition) is 4. The molecule has 0 fully saturated rings. The minimum absolute atomic E-state index is 0.112. The van der Waals surface area contributed by atoms with Crippen LogP contribution in [-0.4, -0.2) is 18.3 Å². The van der Waals surface area contributed by atoms with E-state index in [9.17, 15) is 9.59 Å². The molecule has 0 unspecified atom stereocenters. The average molecular weight is 194 g/mol. The number of aldehydes is 1. The van der Waals surface area contributed by atoms with Crippen LogP contribution >= 0.6 is 0 Å². The molecule has 14 heavy (non-hydrogen) atoms. The van der Waals surface area contributed by atoms with E-state index in [0.717, 1.165) is 6.21 Å². The molecular formula is C10H14N2O2. The van der Waals surface area contributed by atoms with Crippen LogP contribution in [0.1, 0.15) is 13.8 Å². The molecule has 0 aliphatic heterocycles. The van der Waals surface area contributed by atoms with Crippen molar-refractivity contribution in [3.63, 3.8) is 0 Å². The van der Waals surface area contributed by atoms with Crippen LogP contribution < -0.4 is 5.32 Å². The van der Waals surface area contributed by atoms with Gasteiger partial charge < -0.3 is 5.32 Å². The zero-order chi connectivity index (χ0) is 11.0. The monoisotopic (exact) mass is 194 g/mol. The Morgan fingerprint density at radius 3 is 2.57 bits per heavy atom. The lowest BCUT2D eigenvalue weighted by Crippen LogP contribution is -2.08. The summed E-state index contributed by atoms with van der Waals surface area (Å²) in [6.45, 7) is 6.93. The van der Waals surface area contributed by atoms with Gasteiger partial charge in [0, 0.05) is 12.1 Å². The molecule has 0 spiro atoms. The van der Waals surface area contributed by atoms with E-state index in [-0.39, 0.29) is 17.4 Å². The molecule has 1 N–H and O–H groups in total. The Balaban J connectivity index is 4.38. The maximum atomic E-state index is 11.1. The molecule has 0 aliphatic rings. The minimum Gasteiger partial charge on any atom is -0.366 e. The highest BCUT2D eigenvalue weighted by molar-refractivity contribution is 6.28. The van der Waals surface area contributed by atoms with Gasteiger partial charge in [0.2, 0.25) is 0 Å². The third-order valence-electron chi connectivity index (χ3n) is 1.38. The Morgan fingerprint density at radius 1 is 1.50 bits per heavy atom. The van der Waals surface area contributed by atoms with Gasteiger partial charge in [0.25, 0.3) is 0 Å². The van der Waals surface area contributed by atoms with E-state index in [1.807, 2.05) is 0 Å². The third-order valence-corrected chi connectivity index (χ3v) is 1.38. The van der Waals surface area contributed by atoms with E-state index in [4.69, 9.17) is 0 Å².